The summed E-state index contributed by atoms with van der Waals surface area (Å²) in [7, 11) is 2.49. The Morgan fingerprint density at radius 3 is 2.45 bits per heavy atom. The summed E-state index contributed by atoms with van der Waals surface area (Å²) in [6, 6.07) is 5.70. The van der Waals surface area contributed by atoms with E-state index in [1.807, 2.05) is 0 Å². The lowest BCUT2D eigenvalue weighted by Crippen LogP contribution is -2.43. The number of carbonyl (C=O) groups excluding carboxylic acids is 2. The maximum atomic E-state index is 13.3. The second kappa shape index (κ2) is 9.58. The molecule has 2 aromatic carbocycles. The van der Waals surface area contributed by atoms with Crippen LogP contribution in [0.2, 0.25) is 0 Å². The van der Waals surface area contributed by atoms with Crippen molar-refractivity contribution in [2.24, 2.45) is 0 Å². The number of nitrogens with zero attached hydrogens (tertiary/aromatic N) is 1. The van der Waals surface area contributed by atoms with Crippen molar-refractivity contribution in [1.29, 1.82) is 0 Å². The number of nitro benzene ring substituents is 1. The van der Waals surface area contributed by atoms with Crippen LogP contribution in [0.15, 0.2) is 36.4 Å². The standard InChI is InChI=1S/C19H18F2N2O6/c1-28-17-6-4-13(23(26)27)9-12(17)10-16(19(25)29-2)22-18(24)8-11-3-5-14(20)15(21)7-11/h3-7,9,16H,8,10H2,1-2H3,(H,22,24)/t16-/m1/s1. The van der Waals surface area contributed by atoms with Crippen LogP contribution in [0.4, 0.5) is 14.5 Å². The third kappa shape index (κ3) is 5.71. The first-order valence-corrected chi connectivity index (χ1v) is 8.37. The first kappa shape index (κ1) is 21.7. The Bertz CT molecular complexity index is 935. The summed E-state index contributed by atoms with van der Waals surface area (Å²) in [4.78, 5) is 34.8. The van der Waals surface area contributed by atoms with E-state index in [2.05, 4.69) is 10.1 Å². The molecular formula is C19H18F2N2O6. The highest BCUT2D eigenvalue weighted by Gasteiger charge is 2.25. The van der Waals surface area contributed by atoms with Crippen LogP contribution in [-0.4, -0.2) is 37.1 Å². The number of methoxy groups -OCH3 is 2. The van der Waals surface area contributed by atoms with E-state index in [0.717, 1.165) is 19.2 Å². The molecule has 0 aliphatic carbocycles. The molecule has 0 saturated heterocycles. The highest BCUT2D eigenvalue weighted by atomic mass is 19.2. The normalized spacial score (nSPS) is 11.4. The van der Waals surface area contributed by atoms with Crippen molar-refractivity contribution in [2.45, 2.75) is 18.9 Å². The van der Waals surface area contributed by atoms with Crippen LogP contribution in [0.5, 0.6) is 5.75 Å². The van der Waals surface area contributed by atoms with E-state index >= 15 is 0 Å². The van der Waals surface area contributed by atoms with Gasteiger partial charge in [0, 0.05) is 24.1 Å². The molecule has 0 unspecified atom stereocenters. The van der Waals surface area contributed by atoms with Crippen LogP contribution in [0.1, 0.15) is 11.1 Å². The predicted octanol–water partition coefficient (Wildman–Crippen LogP) is 2.32. The Balaban J connectivity index is 2.20. The van der Waals surface area contributed by atoms with Crippen LogP contribution in [0.3, 0.4) is 0 Å². The summed E-state index contributed by atoms with van der Waals surface area (Å²) >= 11 is 0. The van der Waals surface area contributed by atoms with E-state index in [0.29, 0.717) is 11.3 Å². The SMILES string of the molecule is COC(=O)[C@@H](Cc1cc([N+](=O)[O-])ccc1OC)NC(=O)Cc1ccc(F)c(F)c1. The van der Waals surface area contributed by atoms with Gasteiger partial charge in [-0.2, -0.15) is 0 Å². The molecule has 2 rings (SSSR count). The molecule has 1 amide bonds. The van der Waals surface area contributed by atoms with Gasteiger partial charge in [0.1, 0.15) is 11.8 Å². The highest BCUT2D eigenvalue weighted by molar-refractivity contribution is 5.86. The van der Waals surface area contributed by atoms with Crippen LogP contribution in [0.25, 0.3) is 0 Å². The smallest absolute Gasteiger partial charge is 0.328 e. The van der Waals surface area contributed by atoms with E-state index in [9.17, 15) is 28.5 Å². The van der Waals surface area contributed by atoms with Gasteiger partial charge >= 0.3 is 5.97 Å². The van der Waals surface area contributed by atoms with Gasteiger partial charge in [-0.25, -0.2) is 13.6 Å². The molecule has 0 aliphatic heterocycles. The number of ether oxygens (including phenoxy) is 2. The van der Waals surface area contributed by atoms with Crippen molar-refractivity contribution < 1.29 is 32.8 Å². The zero-order valence-electron chi connectivity index (χ0n) is 15.6. The lowest BCUT2D eigenvalue weighted by atomic mass is 10.0. The average Bonchev–Trinajstić information content (AvgIpc) is 2.69. The number of hydrogen-bond donors (Lipinski definition) is 1. The van der Waals surface area contributed by atoms with Gasteiger partial charge in [-0.05, 0) is 23.8 Å². The lowest BCUT2D eigenvalue weighted by molar-refractivity contribution is -0.384. The Morgan fingerprint density at radius 1 is 1.14 bits per heavy atom. The molecule has 0 bridgehead atoms. The number of rotatable bonds is 8. The van der Waals surface area contributed by atoms with E-state index < -0.39 is 34.5 Å². The van der Waals surface area contributed by atoms with Crippen molar-refractivity contribution in [1.82, 2.24) is 5.32 Å². The van der Waals surface area contributed by atoms with Gasteiger partial charge < -0.3 is 14.8 Å². The van der Waals surface area contributed by atoms with Gasteiger partial charge in [-0.1, -0.05) is 6.07 Å². The molecule has 0 aliphatic rings. The number of non-ortho nitro benzene ring substituents is 1. The molecule has 1 N–H and O–H groups in total. The van der Waals surface area contributed by atoms with Crippen LogP contribution in [0, 0.1) is 21.7 Å². The fraction of sp³-hybridized carbons (Fsp3) is 0.263. The second-order valence-electron chi connectivity index (χ2n) is 6.03. The monoisotopic (exact) mass is 408 g/mol. The number of nitro groups is 1. The van der Waals surface area contributed by atoms with Gasteiger partial charge in [-0.3, -0.25) is 14.9 Å². The van der Waals surface area contributed by atoms with Gasteiger partial charge in [0.2, 0.25) is 5.91 Å². The maximum absolute atomic E-state index is 13.3. The van der Waals surface area contributed by atoms with Crippen molar-refractivity contribution >= 4 is 17.6 Å². The summed E-state index contributed by atoms with van der Waals surface area (Å²) < 4.78 is 36.1. The molecule has 0 fully saturated rings. The number of carbonyl (C=O) groups is 2. The first-order chi connectivity index (χ1) is 13.7. The number of amides is 1. The number of esters is 1. The molecule has 0 saturated carbocycles. The molecule has 8 nitrogen and oxygen atoms in total. The lowest BCUT2D eigenvalue weighted by Gasteiger charge is -2.18. The van der Waals surface area contributed by atoms with Gasteiger partial charge in [0.15, 0.2) is 11.6 Å². The fourth-order valence-corrected chi connectivity index (χ4v) is 2.67. The van der Waals surface area contributed by atoms with Gasteiger partial charge in [-0.15, -0.1) is 0 Å². The third-order valence-corrected chi connectivity index (χ3v) is 4.07. The van der Waals surface area contributed by atoms with Crippen molar-refractivity contribution in [3.8, 4) is 5.75 Å². The van der Waals surface area contributed by atoms with Crippen molar-refractivity contribution in [2.75, 3.05) is 14.2 Å². The summed E-state index contributed by atoms with van der Waals surface area (Å²) in [6.45, 7) is 0. The van der Waals surface area contributed by atoms with E-state index in [1.54, 1.807) is 0 Å². The van der Waals surface area contributed by atoms with Crippen molar-refractivity contribution in [3.63, 3.8) is 0 Å². The third-order valence-electron chi connectivity index (χ3n) is 4.07. The Morgan fingerprint density at radius 2 is 1.86 bits per heavy atom. The minimum atomic E-state index is -1.17. The highest BCUT2D eigenvalue weighted by Crippen LogP contribution is 2.25. The number of halogens is 2. The molecule has 0 aromatic heterocycles. The molecule has 10 heteroatoms. The zero-order chi connectivity index (χ0) is 21.6. The molecule has 1 atom stereocenters. The van der Waals surface area contributed by atoms with E-state index in [4.69, 9.17) is 4.74 Å². The first-order valence-electron chi connectivity index (χ1n) is 8.37. The van der Waals surface area contributed by atoms with Gasteiger partial charge in [0.05, 0.1) is 25.6 Å². The summed E-state index contributed by atoms with van der Waals surface area (Å²) in [5.41, 5.74) is 0.306. The molecular weight excluding hydrogens is 390 g/mol. The molecule has 0 spiro atoms. The largest absolute Gasteiger partial charge is 0.496 e. The molecule has 0 heterocycles. The maximum Gasteiger partial charge on any atom is 0.328 e. The van der Waals surface area contributed by atoms with Crippen LogP contribution >= 0.6 is 0 Å². The van der Waals surface area contributed by atoms with Crippen molar-refractivity contribution in [3.05, 3.63) is 69.3 Å². The van der Waals surface area contributed by atoms with E-state index in [-0.39, 0.29) is 24.1 Å². The van der Waals surface area contributed by atoms with Gasteiger partial charge in [0.25, 0.3) is 5.69 Å². The molecule has 29 heavy (non-hydrogen) atoms. The van der Waals surface area contributed by atoms with Crippen LogP contribution in [-0.2, 0) is 27.2 Å². The molecule has 154 valence electrons. The average molecular weight is 408 g/mol. The number of hydrogen-bond acceptors (Lipinski definition) is 6. The number of nitrogens with one attached hydrogen (secondary N) is 1. The summed E-state index contributed by atoms with van der Waals surface area (Å²) in [5.74, 6) is -3.27. The predicted molar refractivity (Wildman–Crippen MR) is 97.4 cm³/mol. The zero-order valence-corrected chi connectivity index (χ0v) is 15.6. The van der Waals surface area contributed by atoms with Crippen LogP contribution < -0.4 is 10.1 Å². The number of benzene rings is 2. The molecule has 2 aromatic rings. The topological polar surface area (TPSA) is 108 Å². The minimum absolute atomic E-state index is 0.138. The second-order valence-corrected chi connectivity index (χ2v) is 6.03. The Hall–Kier alpha value is -3.56. The molecule has 0 radical (unpaired) electrons. The fourth-order valence-electron chi connectivity index (χ4n) is 2.67. The summed E-state index contributed by atoms with van der Waals surface area (Å²) in [5, 5.41) is 13.5. The Labute approximate surface area is 164 Å². The summed E-state index contributed by atoms with van der Waals surface area (Å²) in [6.07, 6.45) is -0.447. The minimum Gasteiger partial charge on any atom is -0.496 e. The Kier molecular flexibility index (Phi) is 7.18. The van der Waals surface area contributed by atoms with E-state index in [1.165, 1.54) is 31.4 Å². The quantitative estimate of drug-likeness (QED) is 0.408.